The van der Waals surface area contributed by atoms with Crippen LogP contribution in [-0.2, 0) is 17.8 Å². The third-order valence-corrected chi connectivity index (χ3v) is 4.96. The Morgan fingerprint density at radius 1 is 1.41 bits per heavy atom. The molecular weight excluding hydrogens is 475 g/mol. The maximum absolute atomic E-state index is 5.55. The molecule has 2 rings (SSSR count). The number of benzene rings is 1. The minimum atomic E-state index is 0. The van der Waals surface area contributed by atoms with Gasteiger partial charge in [0.1, 0.15) is 16.9 Å². The van der Waals surface area contributed by atoms with E-state index in [4.69, 9.17) is 9.47 Å². The molecule has 27 heavy (non-hydrogen) atoms. The summed E-state index contributed by atoms with van der Waals surface area (Å²) in [6.45, 7) is 6.02. The quantitative estimate of drug-likeness (QED) is 0.334. The SMILES string of the molecule is CCOc1cccc(CNC(=NC)N(C)Cc2csc(C(C)OC)n2)c1.I. The normalized spacial score (nSPS) is 12.3. The zero-order chi connectivity index (χ0) is 18.9. The zero-order valence-electron chi connectivity index (χ0n) is 16.6. The van der Waals surface area contributed by atoms with Gasteiger partial charge in [0.15, 0.2) is 5.96 Å². The van der Waals surface area contributed by atoms with Crippen LogP contribution in [0.3, 0.4) is 0 Å². The zero-order valence-corrected chi connectivity index (χ0v) is 19.7. The largest absolute Gasteiger partial charge is 0.494 e. The van der Waals surface area contributed by atoms with Crippen molar-refractivity contribution >= 4 is 41.3 Å². The molecule has 2 aromatic rings. The Labute approximate surface area is 183 Å². The third kappa shape index (κ3) is 7.27. The van der Waals surface area contributed by atoms with Crippen LogP contribution >= 0.6 is 35.3 Å². The summed E-state index contributed by atoms with van der Waals surface area (Å²) in [7, 11) is 5.49. The van der Waals surface area contributed by atoms with Gasteiger partial charge in [-0.2, -0.15) is 0 Å². The van der Waals surface area contributed by atoms with Crippen LogP contribution in [0.25, 0.3) is 0 Å². The Hall–Kier alpha value is -1.39. The summed E-state index contributed by atoms with van der Waals surface area (Å²) in [5.41, 5.74) is 2.16. The van der Waals surface area contributed by atoms with Gasteiger partial charge in [0.05, 0.1) is 18.8 Å². The van der Waals surface area contributed by atoms with E-state index in [1.54, 1.807) is 25.5 Å². The number of thiazole rings is 1. The first-order valence-corrected chi connectivity index (χ1v) is 9.56. The number of aliphatic imine (C=N–C) groups is 1. The lowest BCUT2D eigenvalue weighted by Crippen LogP contribution is -2.38. The number of rotatable bonds is 8. The van der Waals surface area contributed by atoms with Crippen LogP contribution in [0.2, 0.25) is 0 Å². The molecule has 0 saturated heterocycles. The fourth-order valence-electron chi connectivity index (χ4n) is 2.48. The van der Waals surface area contributed by atoms with Crippen molar-refractivity contribution in [2.24, 2.45) is 4.99 Å². The smallest absolute Gasteiger partial charge is 0.194 e. The molecule has 0 fully saturated rings. The van der Waals surface area contributed by atoms with Gasteiger partial charge in [-0.15, -0.1) is 35.3 Å². The van der Waals surface area contributed by atoms with Crippen molar-refractivity contribution in [3.05, 3.63) is 45.9 Å². The molecule has 1 N–H and O–H groups in total. The van der Waals surface area contributed by atoms with Crippen molar-refractivity contribution in [3.8, 4) is 5.75 Å². The maximum atomic E-state index is 5.55. The molecule has 0 saturated carbocycles. The predicted molar refractivity (Wildman–Crippen MR) is 122 cm³/mol. The first kappa shape index (κ1) is 23.6. The second-order valence-electron chi connectivity index (χ2n) is 5.89. The number of guanidine groups is 1. The number of nitrogens with one attached hydrogen (secondary N) is 1. The summed E-state index contributed by atoms with van der Waals surface area (Å²) >= 11 is 1.62. The minimum Gasteiger partial charge on any atom is -0.494 e. The molecule has 1 unspecified atom stereocenters. The molecule has 1 aromatic heterocycles. The van der Waals surface area contributed by atoms with Crippen molar-refractivity contribution in [1.82, 2.24) is 15.2 Å². The highest BCUT2D eigenvalue weighted by Crippen LogP contribution is 2.21. The summed E-state index contributed by atoms with van der Waals surface area (Å²) in [4.78, 5) is 11.1. The second kappa shape index (κ2) is 12.1. The lowest BCUT2D eigenvalue weighted by molar-refractivity contribution is 0.119. The van der Waals surface area contributed by atoms with Crippen LogP contribution in [0.1, 0.15) is 36.2 Å². The van der Waals surface area contributed by atoms with E-state index in [0.29, 0.717) is 19.7 Å². The van der Waals surface area contributed by atoms with E-state index in [-0.39, 0.29) is 30.1 Å². The van der Waals surface area contributed by atoms with Crippen LogP contribution in [0.4, 0.5) is 0 Å². The van der Waals surface area contributed by atoms with E-state index < -0.39 is 0 Å². The highest BCUT2D eigenvalue weighted by Gasteiger charge is 2.12. The number of aromatic nitrogens is 1. The minimum absolute atomic E-state index is 0. The Bertz CT molecular complexity index is 723. The number of ether oxygens (including phenoxy) is 2. The van der Waals surface area contributed by atoms with Gasteiger partial charge >= 0.3 is 0 Å². The van der Waals surface area contributed by atoms with E-state index in [1.807, 2.05) is 39.1 Å². The molecule has 0 radical (unpaired) electrons. The van der Waals surface area contributed by atoms with Crippen molar-refractivity contribution in [1.29, 1.82) is 0 Å². The van der Waals surface area contributed by atoms with Crippen molar-refractivity contribution in [3.63, 3.8) is 0 Å². The van der Waals surface area contributed by atoms with Gasteiger partial charge in [0.2, 0.25) is 0 Å². The molecule has 1 aromatic carbocycles. The molecule has 6 nitrogen and oxygen atoms in total. The van der Waals surface area contributed by atoms with Crippen molar-refractivity contribution in [2.45, 2.75) is 33.0 Å². The second-order valence-corrected chi connectivity index (χ2v) is 6.78. The van der Waals surface area contributed by atoms with Crippen LogP contribution in [-0.4, -0.2) is 43.7 Å². The summed E-state index contributed by atoms with van der Waals surface area (Å²) in [6, 6.07) is 8.08. The molecule has 0 amide bonds. The van der Waals surface area contributed by atoms with E-state index >= 15 is 0 Å². The number of hydrogen-bond donors (Lipinski definition) is 1. The first-order chi connectivity index (χ1) is 12.6. The fourth-order valence-corrected chi connectivity index (χ4v) is 3.32. The average molecular weight is 504 g/mol. The molecule has 1 heterocycles. The summed E-state index contributed by atoms with van der Waals surface area (Å²) in [6.07, 6.45) is 0.0223. The van der Waals surface area contributed by atoms with Gasteiger partial charge in [0.25, 0.3) is 0 Å². The fraction of sp³-hybridized carbons (Fsp3) is 0.474. The third-order valence-electron chi connectivity index (χ3n) is 3.90. The standard InChI is InChI=1S/C19H28N4O2S.HI/c1-6-25-17-9-7-8-15(10-17)11-21-19(20-3)23(4)12-16-13-26-18(22-16)14(2)24-5;/h7-10,13-14H,6,11-12H2,1-5H3,(H,20,21);1H. The Balaban J connectivity index is 0.00000364. The molecule has 0 bridgehead atoms. The van der Waals surface area contributed by atoms with Gasteiger partial charge in [-0.1, -0.05) is 12.1 Å². The van der Waals surface area contributed by atoms with Gasteiger partial charge in [-0.25, -0.2) is 4.98 Å². The van der Waals surface area contributed by atoms with Crippen LogP contribution in [0, 0.1) is 0 Å². The van der Waals surface area contributed by atoms with E-state index in [9.17, 15) is 0 Å². The average Bonchev–Trinajstić information content (AvgIpc) is 3.10. The van der Waals surface area contributed by atoms with Gasteiger partial charge in [0, 0.05) is 33.1 Å². The Morgan fingerprint density at radius 2 is 2.19 bits per heavy atom. The molecular formula is C19H29IN4O2S. The Kier molecular flexibility index (Phi) is 10.6. The number of nitrogens with zero attached hydrogens (tertiary/aromatic N) is 3. The number of halogens is 1. The number of hydrogen-bond acceptors (Lipinski definition) is 5. The highest BCUT2D eigenvalue weighted by molar-refractivity contribution is 14.0. The van der Waals surface area contributed by atoms with Crippen LogP contribution < -0.4 is 10.1 Å². The summed E-state index contributed by atoms with van der Waals surface area (Å²) in [5, 5.41) is 6.45. The van der Waals surface area contributed by atoms with Crippen LogP contribution in [0.15, 0.2) is 34.6 Å². The molecule has 0 spiro atoms. The summed E-state index contributed by atoms with van der Waals surface area (Å²) < 4.78 is 10.9. The molecule has 8 heteroatoms. The number of methoxy groups -OCH3 is 1. The first-order valence-electron chi connectivity index (χ1n) is 8.68. The Morgan fingerprint density at radius 3 is 2.85 bits per heavy atom. The predicted octanol–water partition coefficient (Wildman–Crippen LogP) is 4.07. The van der Waals surface area contributed by atoms with Gasteiger partial charge in [-0.3, -0.25) is 4.99 Å². The summed E-state index contributed by atoms with van der Waals surface area (Å²) in [5.74, 6) is 1.71. The van der Waals surface area contributed by atoms with Crippen LogP contribution in [0.5, 0.6) is 5.75 Å². The van der Waals surface area contributed by atoms with E-state index in [1.165, 1.54) is 0 Å². The molecule has 150 valence electrons. The van der Waals surface area contributed by atoms with Gasteiger partial charge < -0.3 is 19.7 Å². The van der Waals surface area contributed by atoms with E-state index in [2.05, 4.69) is 31.6 Å². The molecule has 0 aliphatic carbocycles. The molecule has 1 atom stereocenters. The topological polar surface area (TPSA) is 59.0 Å². The van der Waals surface area contributed by atoms with E-state index in [0.717, 1.165) is 28.0 Å². The van der Waals surface area contributed by atoms with Crippen molar-refractivity contribution < 1.29 is 9.47 Å². The highest BCUT2D eigenvalue weighted by atomic mass is 127. The lowest BCUT2D eigenvalue weighted by Gasteiger charge is -2.21. The monoisotopic (exact) mass is 504 g/mol. The molecule has 0 aliphatic rings. The van der Waals surface area contributed by atoms with Gasteiger partial charge in [-0.05, 0) is 31.5 Å². The molecule has 0 aliphatic heterocycles. The van der Waals surface area contributed by atoms with Crippen molar-refractivity contribution in [2.75, 3.05) is 27.8 Å². The lowest BCUT2D eigenvalue weighted by atomic mass is 10.2. The maximum Gasteiger partial charge on any atom is 0.194 e.